The van der Waals surface area contributed by atoms with E-state index in [1.54, 1.807) is 12.1 Å². The van der Waals surface area contributed by atoms with Gasteiger partial charge >= 0.3 is 0 Å². The number of piperazine rings is 2. The summed E-state index contributed by atoms with van der Waals surface area (Å²) in [5.41, 5.74) is 1.09. The number of anilines is 1. The van der Waals surface area contributed by atoms with Gasteiger partial charge in [-0.2, -0.15) is 0 Å². The van der Waals surface area contributed by atoms with Gasteiger partial charge in [-0.05, 0) is 37.7 Å². The molecule has 0 bridgehead atoms. The number of furan rings is 1. The minimum absolute atomic E-state index is 0.0527. The van der Waals surface area contributed by atoms with Crippen LogP contribution >= 0.6 is 0 Å². The fourth-order valence-electron chi connectivity index (χ4n) is 4.00. The fourth-order valence-corrected chi connectivity index (χ4v) is 4.00. The molecule has 32 heavy (non-hydrogen) atoms. The number of carbonyl (C=O) groups is 1. The summed E-state index contributed by atoms with van der Waals surface area (Å²) in [4.78, 5) is 30.7. The summed E-state index contributed by atoms with van der Waals surface area (Å²) in [6, 6.07) is 7.67. The lowest BCUT2D eigenvalue weighted by Gasteiger charge is -2.36. The largest absolute Gasteiger partial charge is 0.459 e. The molecule has 0 saturated carbocycles. The fraction of sp³-hybridized carbons (Fsp3) is 0.522. The maximum Gasteiger partial charge on any atom is 0.289 e. The summed E-state index contributed by atoms with van der Waals surface area (Å²) in [7, 11) is 2.16. The Kier molecular flexibility index (Phi) is 7.26. The van der Waals surface area contributed by atoms with Crippen molar-refractivity contribution >= 4 is 17.7 Å². The van der Waals surface area contributed by atoms with Crippen molar-refractivity contribution in [3.05, 3.63) is 48.0 Å². The molecule has 0 unspecified atom stereocenters. The smallest absolute Gasteiger partial charge is 0.289 e. The zero-order valence-electron chi connectivity index (χ0n) is 19.0. The van der Waals surface area contributed by atoms with Crippen LogP contribution in [-0.4, -0.2) is 97.5 Å². The molecule has 2 aliphatic heterocycles. The summed E-state index contributed by atoms with van der Waals surface area (Å²) in [5, 5.41) is 3.38. The van der Waals surface area contributed by atoms with E-state index in [0.717, 1.165) is 63.2 Å². The van der Waals surface area contributed by atoms with Crippen molar-refractivity contribution in [2.45, 2.75) is 13.5 Å². The van der Waals surface area contributed by atoms with Gasteiger partial charge in [0.15, 0.2) is 11.7 Å². The summed E-state index contributed by atoms with van der Waals surface area (Å²) >= 11 is 0. The average Bonchev–Trinajstić information content (AvgIpc) is 3.37. The number of rotatable bonds is 5. The molecule has 2 saturated heterocycles. The van der Waals surface area contributed by atoms with Crippen LogP contribution in [0.1, 0.15) is 23.0 Å². The molecule has 2 aromatic heterocycles. The highest BCUT2D eigenvalue weighted by atomic mass is 16.3. The van der Waals surface area contributed by atoms with E-state index in [9.17, 15) is 4.79 Å². The molecule has 0 aliphatic carbocycles. The Morgan fingerprint density at radius 3 is 2.44 bits per heavy atom. The average molecular weight is 440 g/mol. The SMILES string of the molecule is CCNC(=NCc1ccc(N2CCN(C)CC2)nc1)N1CCN(C(=O)c2ccco2)CC1. The minimum atomic E-state index is -0.0527. The normalized spacial score (nSPS) is 18.2. The summed E-state index contributed by atoms with van der Waals surface area (Å²) in [6.07, 6.45) is 3.46. The van der Waals surface area contributed by atoms with E-state index in [-0.39, 0.29) is 5.91 Å². The van der Waals surface area contributed by atoms with Gasteiger partial charge in [-0.3, -0.25) is 4.79 Å². The molecule has 4 rings (SSSR count). The maximum atomic E-state index is 12.5. The molecule has 2 fully saturated rings. The first-order valence-electron chi connectivity index (χ1n) is 11.4. The van der Waals surface area contributed by atoms with Gasteiger partial charge in [0.25, 0.3) is 5.91 Å². The predicted octanol–water partition coefficient (Wildman–Crippen LogP) is 1.35. The molecular formula is C23H33N7O2. The highest BCUT2D eigenvalue weighted by molar-refractivity contribution is 5.91. The van der Waals surface area contributed by atoms with Gasteiger partial charge in [0, 0.05) is 65.1 Å². The standard InChI is InChI=1S/C23H33N7O2/c1-3-24-23(30-14-12-29(13-15-30)22(31)20-5-4-16-32-20)26-18-19-6-7-21(25-17-19)28-10-8-27(2)9-11-28/h4-7,16-17H,3,8-15,18H2,1-2H3,(H,24,26). The number of nitrogens with zero attached hydrogens (tertiary/aromatic N) is 6. The first kappa shape index (κ1) is 22.1. The molecule has 1 amide bonds. The second-order valence-corrected chi connectivity index (χ2v) is 8.24. The molecule has 0 radical (unpaired) electrons. The van der Waals surface area contributed by atoms with Gasteiger partial charge in [0.2, 0.25) is 0 Å². The quantitative estimate of drug-likeness (QED) is 0.556. The number of carbonyl (C=O) groups excluding carboxylic acids is 1. The molecule has 2 aromatic rings. The van der Waals surface area contributed by atoms with Crippen LogP contribution in [0.3, 0.4) is 0 Å². The van der Waals surface area contributed by atoms with Gasteiger partial charge in [0.05, 0.1) is 12.8 Å². The third-order valence-electron chi connectivity index (χ3n) is 5.98. The van der Waals surface area contributed by atoms with Gasteiger partial charge in [-0.15, -0.1) is 0 Å². The van der Waals surface area contributed by atoms with Crippen LogP contribution in [0.15, 0.2) is 46.1 Å². The summed E-state index contributed by atoms with van der Waals surface area (Å²) in [6.45, 7) is 10.4. The molecule has 9 heteroatoms. The number of aliphatic imine (C=N–C) groups is 1. The highest BCUT2D eigenvalue weighted by Gasteiger charge is 2.25. The number of likely N-dealkylation sites (N-methyl/N-ethyl adjacent to an activating group) is 1. The van der Waals surface area contributed by atoms with E-state index >= 15 is 0 Å². The Hall–Kier alpha value is -3.07. The lowest BCUT2D eigenvalue weighted by Crippen LogP contribution is -2.53. The first-order valence-corrected chi connectivity index (χ1v) is 11.4. The second kappa shape index (κ2) is 10.5. The Morgan fingerprint density at radius 1 is 1.06 bits per heavy atom. The highest BCUT2D eigenvalue weighted by Crippen LogP contribution is 2.14. The Balaban J connectivity index is 1.32. The lowest BCUT2D eigenvalue weighted by atomic mass is 10.2. The Morgan fingerprint density at radius 2 is 1.81 bits per heavy atom. The Bertz CT molecular complexity index is 882. The van der Waals surface area contributed by atoms with Crippen LogP contribution < -0.4 is 10.2 Å². The minimum Gasteiger partial charge on any atom is -0.459 e. The van der Waals surface area contributed by atoms with Crippen LogP contribution in [0, 0.1) is 0 Å². The molecule has 172 valence electrons. The van der Waals surface area contributed by atoms with E-state index in [2.05, 4.69) is 51.1 Å². The zero-order valence-corrected chi connectivity index (χ0v) is 19.0. The first-order chi connectivity index (χ1) is 15.6. The van der Waals surface area contributed by atoms with Crippen molar-refractivity contribution < 1.29 is 9.21 Å². The number of nitrogens with one attached hydrogen (secondary N) is 1. The van der Waals surface area contributed by atoms with Crippen molar-refractivity contribution in [1.82, 2.24) is 25.0 Å². The van der Waals surface area contributed by atoms with E-state index in [0.29, 0.717) is 25.4 Å². The van der Waals surface area contributed by atoms with E-state index in [1.807, 2.05) is 11.1 Å². The lowest BCUT2D eigenvalue weighted by molar-refractivity contribution is 0.0657. The van der Waals surface area contributed by atoms with Crippen LogP contribution in [0.5, 0.6) is 0 Å². The topological polar surface area (TPSA) is 80.5 Å². The van der Waals surface area contributed by atoms with Crippen molar-refractivity contribution in [3.8, 4) is 0 Å². The monoisotopic (exact) mass is 439 g/mol. The molecule has 9 nitrogen and oxygen atoms in total. The van der Waals surface area contributed by atoms with Gasteiger partial charge < -0.3 is 29.3 Å². The third kappa shape index (κ3) is 5.40. The summed E-state index contributed by atoms with van der Waals surface area (Å²) < 4.78 is 5.25. The predicted molar refractivity (Wildman–Crippen MR) is 125 cm³/mol. The number of hydrogen-bond donors (Lipinski definition) is 1. The number of amides is 1. The maximum absolute atomic E-state index is 12.5. The number of guanidine groups is 1. The Labute approximate surface area is 189 Å². The second-order valence-electron chi connectivity index (χ2n) is 8.24. The van der Waals surface area contributed by atoms with Crippen LogP contribution in [0.4, 0.5) is 5.82 Å². The molecule has 0 spiro atoms. The molecule has 0 aromatic carbocycles. The summed E-state index contributed by atoms with van der Waals surface area (Å²) in [5.74, 6) is 2.26. The van der Waals surface area contributed by atoms with Gasteiger partial charge in [-0.1, -0.05) is 6.07 Å². The number of aromatic nitrogens is 1. The van der Waals surface area contributed by atoms with E-state index in [1.165, 1.54) is 6.26 Å². The van der Waals surface area contributed by atoms with E-state index in [4.69, 9.17) is 9.41 Å². The van der Waals surface area contributed by atoms with Crippen LogP contribution in [0.2, 0.25) is 0 Å². The van der Waals surface area contributed by atoms with Crippen LogP contribution in [-0.2, 0) is 6.54 Å². The molecule has 1 N–H and O–H groups in total. The molecular weight excluding hydrogens is 406 g/mol. The molecule has 0 atom stereocenters. The zero-order chi connectivity index (χ0) is 22.3. The van der Waals surface area contributed by atoms with Gasteiger partial charge in [-0.25, -0.2) is 9.98 Å². The van der Waals surface area contributed by atoms with Crippen molar-refractivity contribution in [1.29, 1.82) is 0 Å². The van der Waals surface area contributed by atoms with Gasteiger partial charge in [0.1, 0.15) is 5.82 Å². The van der Waals surface area contributed by atoms with E-state index < -0.39 is 0 Å². The van der Waals surface area contributed by atoms with Crippen molar-refractivity contribution in [2.75, 3.05) is 70.9 Å². The van der Waals surface area contributed by atoms with Crippen molar-refractivity contribution in [2.24, 2.45) is 4.99 Å². The third-order valence-corrected chi connectivity index (χ3v) is 5.98. The molecule has 4 heterocycles. The van der Waals surface area contributed by atoms with Crippen molar-refractivity contribution in [3.63, 3.8) is 0 Å². The number of pyridine rings is 1. The molecule has 2 aliphatic rings. The number of hydrogen-bond acceptors (Lipinski definition) is 6. The van der Waals surface area contributed by atoms with Crippen LogP contribution in [0.25, 0.3) is 0 Å².